The van der Waals surface area contributed by atoms with Crippen molar-refractivity contribution in [1.29, 1.82) is 0 Å². The molecule has 0 aliphatic rings. The zero-order valence-corrected chi connectivity index (χ0v) is 13.8. The molecule has 0 atom stereocenters. The number of aromatic nitrogens is 2. The predicted octanol–water partition coefficient (Wildman–Crippen LogP) is 3.35. The molecule has 2 heterocycles. The quantitative estimate of drug-likeness (QED) is 0.723. The van der Waals surface area contributed by atoms with E-state index in [1.165, 1.54) is 6.20 Å². The minimum absolute atomic E-state index is 0.231. The van der Waals surface area contributed by atoms with Crippen LogP contribution < -0.4 is 15.4 Å². The van der Waals surface area contributed by atoms with Crippen molar-refractivity contribution in [1.82, 2.24) is 9.97 Å². The Labute approximate surface area is 145 Å². The lowest BCUT2D eigenvalue weighted by Gasteiger charge is -2.09. The molecule has 2 aromatic heterocycles. The van der Waals surface area contributed by atoms with E-state index in [0.717, 1.165) is 11.3 Å². The molecule has 25 heavy (non-hydrogen) atoms. The number of methoxy groups -OCH3 is 1. The molecule has 0 bridgehead atoms. The zero-order chi connectivity index (χ0) is 17.5. The summed E-state index contributed by atoms with van der Waals surface area (Å²) in [6, 6.07) is 12.8. The van der Waals surface area contributed by atoms with Gasteiger partial charge in [0.05, 0.1) is 18.4 Å². The number of hydrogen-bond acceptors (Lipinski definition) is 5. The number of carbonyl (C=O) groups excluding carboxylic acids is 1. The van der Waals surface area contributed by atoms with Crippen LogP contribution in [-0.2, 0) is 6.54 Å². The number of benzene rings is 1. The standard InChI is InChI=1S/C19H18N4O2/c1-25-18-6-2-5-16(9-18)23-19(24)15-8-17(13-21-12-15)22-11-14-4-3-7-20-10-14/h2-10,12-13,22H,11H2,1H3,(H,23,24). The maximum atomic E-state index is 12.4. The van der Waals surface area contributed by atoms with Gasteiger partial charge in [0.25, 0.3) is 5.91 Å². The Kier molecular flexibility index (Phi) is 5.21. The fourth-order valence-corrected chi connectivity index (χ4v) is 2.27. The van der Waals surface area contributed by atoms with Gasteiger partial charge in [0.15, 0.2) is 0 Å². The Morgan fingerprint density at radius 2 is 1.96 bits per heavy atom. The van der Waals surface area contributed by atoms with Crippen molar-refractivity contribution < 1.29 is 9.53 Å². The van der Waals surface area contributed by atoms with Crippen LogP contribution in [0.3, 0.4) is 0 Å². The largest absolute Gasteiger partial charge is 0.497 e. The van der Waals surface area contributed by atoms with Gasteiger partial charge in [-0.1, -0.05) is 12.1 Å². The molecule has 0 saturated heterocycles. The first-order valence-corrected chi connectivity index (χ1v) is 7.78. The Morgan fingerprint density at radius 3 is 2.76 bits per heavy atom. The van der Waals surface area contributed by atoms with Crippen LogP contribution in [0.1, 0.15) is 15.9 Å². The monoisotopic (exact) mass is 334 g/mol. The summed E-state index contributed by atoms with van der Waals surface area (Å²) in [7, 11) is 1.59. The molecule has 0 unspecified atom stereocenters. The molecule has 3 aromatic rings. The van der Waals surface area contributed by atoms with Crippen molar-refractivity contribution in [3.63, 3.8) is 0 Å². The van der Waals surface area contributed by atoms with Crippen LogP contribution in [0.5, 0.6) is 5.75 Å². The number of rotatable bonds is 6. The minimum Gasteiger partial charge on any atom is -0.497 e. The molecule has 126 valence electrons. The molecule has 0 aliphatic heterocycles. The maximum absolute atomic E-state index is 12.4. The number of carbonyl (C=O) groups is 1. The van der Waals surface area contributed by atoms with E-state index in [1.54, 1.807) is 43.9 Å². The highest BCUT2D eigenvalue weighted by Crippen LogP contribution is 2.18. The van der Waals surface area contributed by atoms with E-state index in [-0.39, 0.29) is 5.91 Å². The number of hydrogen-bond donors (Lipinski definition) is 2. The summed E-state index contributed by atoms with van der Waals surface area (Å²) in [4.78, 5) is 20.6. The average Bonchev–Trinajstić information content (AvgIpc) is 2.67. The van der Waals surface area contributed by atoms with Crippen molar-refractivity contribution in [3.8, 4) is 5.75 Å². The third-order valence-corrected chi connectivity index (χ3v) is 3.55. The van der Waals surface area contributed by atoms with Crippen LogP contribution in [0.4, 0.5) is 11.4 Å². The van der Waals surface area contributed by atoms with E-state index in [2.05, 4.69) is 20.6 Å². The van der Waals surface area contributed by atoms with Gasteiger partial charge in [-0.15, -0.1) is 0 Å². The van der Waals surface area contributed by atoms with Gasteiger partial charge in [0.1, 0.15) is 5.75 Å². The molecule has 6 nitrogen and oxygen atoms in total. The van der Waals surface area contributed by atoms with E-state index >= 15 is 0 Å². The fraction of sp³-hybridized carbons (Fsp3) is 0.105. The zero-order valence-electron chi connectivity index (χ0n) is 13.8. The van der Waals surface area contributed by atoms with Crippen molar-refractivity contribution in [2.75, 3.05) is 17.7 Å². The molecular weight excluding hydrogens is 316 g/mol. The molecule has 2 N–H and O–H groups in total. The Morgan fingerprint density at radius 1 is 1.04 bits per heavy atom. The molecule has 0 fully saturated rings. The second kappa shape index (κ2) is 7.92. The third kappa shape index (κ3) is 4.54. The van der Waals surface area contributed by atoms with Gasteiger partial charge in [-0.05, 0) is 29.8 Å². The number of ether oxygens (including phenoxy) is 1. The Balaban J connectivity index is 1.66. The minimum atomic E-state index is -0.231. The van der Waals surface area contributed by atoms with Gasteiger partial charge >= 0.3 is 0 Å². The molecule has 0 saturated carbocycles. The van der Waals surface area contributed by atoms with E-state index in [9.17, 15) is 4.79 Å². The number of anilines is 2. The lowest BCUT2D eigenvalue weighted by atomic mass is 10.2. The van der Waals surface area contributed by atoms with Crippen LogP contribution in [0.25, 0.3) is 0 Å². The van der Waals surface area contributed by atoms with Crippen LogP contribution in [0.15, 0.2) is 67.3 Å². The third-order valence-electron chi connectivity index (χ3n) is 3.55. The first kappa shape index (κ1) is 16.4. The Bertz CT molecular complexity index is 853. The first-order valence-electron chi connectivity index (χ1n) is 7.78. The average molecular weight is 334 g/mol. The lowest BCUT2D eigenvalue weighted by molar-refractivity contribution is 0.102. The highest BCUT2D eigenvalue weighted by Gasteiger charge is 2.08. The molecule has 0 aliphatic carbocycles. The highest BCUT2D eigenvalue weighted by atomic mass is 16.5. The highest BCUT2D eigenvalue weighted by molar-refractivity contribution is 6.04. The molecule has 6 heteroatoms. The summed E-state index contributed by atoms with van der Waals surface area (Å²) < 4.78 is 5.16. The van der Waals surface area contributed by atoms with Gasteiger partial charge < -0.3 is 15.4 Å². The van der Waals surface area contributed by atoms with Crippen molar-refractivity contribution in [2.45, 2.75) is 6.54 Å². The maximum Gasteiger partial charge on any atom is 0.257 e. The van der Waals surface area contributed by atoms with Gasteiger partial charge in [-0.25, -0.2) is 0 Å². The van der Waals surface area contributed by atoms with Gasteiger partial charge in [-0.3, -0.25) is 14.8 Å². The molecule has 1 amide bonds. The second-order valence-electron chi connectivity index (χ2n) is 5.36. The summed E-state index contributed by atoms with van der Waals surface area (Å²) in [5, 5.41) is 6.07. The van der Waals surface area contributed by atoms with Crippen LogP contribution in [-0.4, -0.2) is 23.0 Å². The van der Waals surface area contributed by atoms with E-state index in [0.29, 0.717) is 23.5 Å². The second-order valence-corrected chi connectivity index (χ2v) is 5.36. The number of pyridine rings is 2. The normalized spacial score (nSPS) is 10.1. The van der Waals surface area contributed by atoms with Crippen LogP contribution >= 0.6 is 0 Å². The van der Waals surface area contributed by atoms with Crippen molar-refractivity contribution >= 4 is 17.3 Å². The SMILES string of the molecule is COc1cccc(NC(=O)c2cncc(NCc3cccnc3)c2)c1. The van der Waals surface area contributed by atoms with E-state index in [1.807, 2.05) is 24.3 Å². The predicted molar refractivity (Wildman–Crippen MR) is 96.7 cm³/mol. The summed E-state index contributed by atoms with van der Waals surface area (Å²) >= 11 is 0. The summed E-state index contributed by atoms with van der Waals surface area (Å²) in [5.41, 5.74) is 2.95. The van der Waals surface area contributed by atoms with Crippen molar-refractivity contribution in [2.24, 2.45) is 0 Å². The van der Waals surface area contributed by atoms with E-state index in [4.69, 9.17) is 4.74 Å². The first-order chi connectivity index (χ1) is 12.2. The summed E-state index contributed by atoms with van der Waals surface area (Å²) in [5.74, 6) is 0.452. The molecule has 1 aromatic carbocycles. The topological polar surface area (TPSA) is 76.1 Å². The molecule has 0 spiro atoms. The smallest absolute Gasteiger partial charge is 0.257 e. The number of nitrogens with one attached hydrogen (secondary N) is 2. The Hall–Kier alpha value is -3.41. The van der Waals surface area contributed by atoms with E-state index < -0.39 is 0 Å². The molecule has 0 radical (unpaired) electrons. The van der Waals surface area contributed by atoms with Gasteiger partial charge in [0, 0.05) is 43.1 Å². The summed E-state index contributed by atoms with van der Waals surface area (Å²) in [6.07, 6.45) is 6.73. The van der Waals surface area contributed by atoms with Gasteiger partial charge in [-0.2, -0.15) is 0 Å². The number of nitrogens with zero attached hydrogens (tertiary/aromatic N) is 2. The van der Waals surface area contributed by atoms with Crippen molar-refractivity contribution in [3.05, 3.63) is 78.4 Å². The van der Waals surface area contributed by atoms with Gasteiger partial charge in [0.2, 0.25) is 0 Å². The van der Waals surface area contributed by atoms with Crippen LogP contribution in [0, 0.1) is 0 Å². The van der Waals surface area contributed by atoms with Crippen LogP contribution in [0.2, 0.25) is 0 Å². The fourth-order valence-electron chi connectivity index (χ4n) is 2.27. The molecule has 3 rings (SSSR count). The lowest BCUT2D eigenvalue weighted by Crippen LogP contribution is -2.13. The summed E-state index contributed by atoms with van der Waals surface area (Å²) in [6.45, 7) is 0.608. The molecular formula is C19H18N4O2. The number of amides is 1.